The molecule has 4 heterocycles. The second kappa shape index (κ2) is 9.78. The van der Waals surface area contributed by atoms with Crippen LogP contribution in [0.25, 0.3) is 22.3 Å². The van der Waals surface area contributed by atoms with Gasteiger partial charge in [0.15, 0.2) is 0 Å². The highest BCUT2D eigenvalue weighted by atomic mass is 19.4. The zero-order valence-electron chi connectivity index (χ0n) is 19.7. The first-order valence-corrected chi connectivity index (χ1v) is 12.4. The number of pyridine rings is 2. The van der Waals surface area contributed by atoms with Gasteiger partial charge < -0.3 is 9.88 Å². The zero-order chi connectivity index (χ0) is 25.4. The minimum absolute atomic E-state index is 0.0169. The van der Waals surface area contributed by atoms with Crippen molar-refractivity contribution in [2.75, 3.05) is 13.1 Å². The van der Waals surface area contributed by atoms with Crippen LogP contribution in [0.4, 0.5) is 22.0 Å². The van der Waals surface area contributed by atoms with Gasteiger partial charge in [0.05, 0.1) is 23.1 Å². The molecule has 0 bridgehead atoms. The topological polar surface area (TPSA) is 61.9 Å². The summed E-state index contributed by atoms with van der Waals surface area (Å²) in [6, 6.07) is 1.57. The van der Waals surface area contributed by atoms with Gasteiger partial charge in [-0.25, -0.2) is 18.7 Å². The van der Waals surface area contributed by atoms with Crippen LogP contribution in [-0.4, -0.2) is 38.8 Å². The van der Waals surface area contributed by atoms with E-state index in [0.29, 0.717) is 18.9 Å². The number of halogens is 5. The molecule has 1 saturated carbocycles. The molecular formula is C26H27F5N4O. The molecular weight excluding hydrogens is 479 g/mol. The number of rotatable bonds is 5. The highest BCUT2D eigenvalue weighted by Gasteiger charge is 2.37. The van der Waals surface area contributed by atoms with Crippen LogP contribution < -0.4 is 0 Å². The van der Waals surface area contributed by atoms with Gasteiger partial charge in [-0.2, -0.15) is 13.2 Å². The van der Waals surface area contributed by atoms with Crippen LogP contribution in [0.1, 0.15) is 56.2 Å². The van der Waals surface area contributed by atoms with E-state index in [0.717, 1.165) is 57.5 Å². The first kappa shape index (κ1) is 24.6. The number of H-pyrrole nitrogens is 1. The van der Waals surface area contributed by atoms with Gasteiger partial charge in [0, 0.05) is 36.7 Å². The normalized spacial score (nSPS) is 20.9. The Hall–Kier alpha value is -3.04. The van der Waals surface area contributed by atoms with E-state index in [-0.39, 0.29) is 46.5 Å². The predicted molar refractivity (Wildman–Crippen MR) is 124 cm³/mol. The fourth-order valence-corrected chi connectivity index (χ4v) is 5.65. The van der Waals surface area contributed by atoms with Crippen molar-refractivity contribution in [2.24, 2.45) is 11.8 Å². The summed E-state index contributed by atoms with van der Waals surface area (Å²) in [5.74, 6) is -1.36. The Morgan fingerprint density at radius 2 is 1.83 bits per heavy atom. The van der Waals surface area contributed by atoms with Gasteiger partial charge in [-0.1, -0.05) is 12.8 Å². The van der Waals surface area contributed by atoms with Gasteiger partial charge >= 0.3 is 6.18 Å². The number of nitrogens with one attached hydrogen (secondary N) is 1. The number of carbonyl (C=O) groups excluding carboxylic acids is 1. The Balaban J connectivity index is 1.41. The maximum absolute atomic E-state index is 14.9. The molecule has 3 aromatic heterocycles. The summed E-state index contributed by atoms with van der Waals surface area (Å²) in [7, 11) is 0. The highest BCUT2D eigenvalue weighted by molar-refractivity contribution is 5.93. The Morgan fingerprint density at radius 1 is 1.08 bits per heavy atom. The molecule has 5 nitrogen and oxygen atoms in total. The summed E-state index contributed by atoms with van der Waals surface area (Å²) in [6.07, 6.45) is 3.40. The van der Waals surface area contributed by atoms with Crippen LogP contribution in [0.3, 0.4) is 0 Å². The van der Waals surface area contributed by atoms with Crippen molar-refractivity contribution in [2.45, 2.75) is 57.5 Å². The molecule has 2 fully saturated rings. The molecule has 1 saturated heterocycles. The van der Waals surface area contributed by atoms with E-state index >= 15 is 0 Å². The van der Waals surface area contributed by atoms with Crippen molar-refractivity contribution in [3.8, 4) is 11.3 Å². The lowest BCUT2D eigenvalue weighted by Crippen LogP contribution is -2.31. The predicted octanol–water partition coefficient (Wildman–Crippen LogP) is 6.28. The van der Waals surface area contributed by atoms with Crippen molar-refractivity contribution in [3.05, 3.63) is 47.4 Å². The molecule has 192 valence electrons. The van der Waals surface area contributed by atoms with E-state index in [1.165, 1.54) is 6.20 Å². The number of hydrogen-bond donors (Lipinski definition) is 1. The summed E-state index contributed by atoms with van der Waals surface area (Å²) >= 11 is 0. The van der Waals surface area contributed by atoms with Crippen molar-refractivity contribution in [3.63, 3.8) is 0 Å². The number of likely N-dealkylation sites (tertiary alicyclic amines) is 1. The Kier molecular flexibility index (Phi) is 6.70. The second-order valence-electron chi connectivity index (χ2n) is 9.96. The first-order valence-electron chi connectivity index (χ1n) is 12.4. The van der Waals surface area contributed by atoms with Gasteiger partial charge in [0.2, 0.25) is 5.91 Å². The number of fused-ring (bicyclic) bond motifs is 1. The SMILES string of the molecule is O=C(C[C@H]1CCC[C@@H](Cc2nc(-c3c[nH]c4ncc(F)cc34)c(C(F)(F)F)cc2F)C1)N1CCCC1. The minimum Gasteiger partial charge on any atom is -0.345 e. The maximum Gasteiger partial charge on any atom is 0.418 e. The summed E-state index contributed by atoms with van der Waals surface area (Å²) < 4.78 is 70.3. The standard InChI is InChI=1S/C26H27F5N4O/c27-17-11-18-19(14-33-25(18)32-13-17)24-20(26(29,30)31)12-21(28)22(34-24)9-15-4-3-5-16(8-15)10-23(36)35-6-1-2-7-35/h11-16H,1-10H2,(H,32,33)/t15-,16+/m1/s1. The van der Waals surface area contributed by atoms with Gasteiger partial charge in [-0.3, -0.25) is 4.79 Å². The molecule has 10 heteroatoms. The minimum atomic E-state index is -4.85. The number of alkyl halides is 3. The van der Waals surface area contributed by atoms with E-state index in [4.69, 9.17) is 0 Å². The number of aromatic amines is 1. The Bertz CT molecular complexity index is 1270. The van der Waals surface area contributed by atoms with E-state index in [1.54, 1.807) is 0 Å². The molecule has 0 unspecified atom stereocenters. The summed E-state index contributed by atoms with van der Waals surface area (Å²) in [6.45, 7) is 1.59. The van der Waals surface area contributed by atoms with Crippen molar-refractivity contribution >= 4 is 16.9 Å². The number of nitrogens with zero attached hydrogens (tertiary/aromatic N) is 3. The monoisotopic (exact) mass is 506 g/mol. The van der Waals surface area contributed by atoms with Gasteiger partial charge in [0.1, 0.15) is 17.3 Å². The molecule has 0 radical (unpaired) electrons. The maximum atomic E-state index is 14.9. The summed E-state index contributed by atoms with van der Waals surface area (Å²) in [5, 5.41) is 0.142. The molecule has 1 aliphatic heterocycles. The molecule has 1 aliphatic carbocycles. The number of hydrogen-bond acceptors (Lipinski definition) is 3. The van der Waals surface area contributed by atoms with E-state index in [9.17, 15) is 26.7 Å². The first-order chi connectivity index (χ1) is 17.2. The molecule has 5 rings (SSSR count). The molecule has 0 spiro atoms. The van der Waals surface area contributed by atoms with Crippen molar-refractivity contribution in [1.82, 2.24) is 19.9 Å². The second-order valence-corrected chi connectivity index (χ2v) is 9.96. The van der Waals surface area contributed by atoms with Crippen LogP contribution in [-0.2, 0) is 17.4 Å². The van der Waals surface area contributed by atoms with Crippen LogP contribution in [0.15, 0.2) is 24.5 Å². The lowest BCUT2D eigenvalue weighted by atomic mass is 9.77. The van der Waals surface area contributed by atoms with Crippen LogP contribution in [0.2, 0.25) is 0 Å². The molecule has 1 amide bonds. The van der Waals surface area contributed by atoms with Crippen molar-refractivity contribution < 1.29 is 26.7 Å². The number of carbonyl (C=O) groups is 1. The average molecular weight is 507 g/mol. The quantitative estimate of drug-likeness (QED) is 0.414. The summed E-state index contributed by atoms with van der Waals surface area (Å²) in [5.41, 5.74) is -1.48. The van der Waals surface area contributed by atoms with Crippen LogP contribution in [0.5, 0.6) is 0 Å². The van der Waals surface area contributed by atoms with Gasteiger partial charge in [-0.15, -0.1) is 0 Å². The highest BCUT2D eigenvalue weighted by Crippen LogP contribution is 2.40. The smallest absolute Gasteiger partial charge is 0.345 e. The third kappa shape index (κ3) is 5.08. The third-order valence-electron chi connectivity index (χ3n) is 7.40. The molecule has 36 heavy (non-hydrogen) atoms. The molecule has 2 atom stereocenters. The molecule has 0 aromatic carbocycles. The lowest BCUT2D eigenvalue weighted by Gasteiger charge is -2.30. The summed E-state index contributed by atoms with van der Waals surface area (Å²) in [4.78, 5) is 25.3. The lowest BCUT2D eigenvalue weighted by molar-refractivity contribution is -0.137. The number of amides is 1. The number of aromatic nitrogens is 3. The average Bonchev–Trinajstić information content (AvgIpc) is 3.50. The van der Waals surface area contributed by atoms with Crippen LogP contribution in [0, 0.1) is 23.5 Å². The fraction of sp³-hybridized carbons (Fsp3) is 0.500. The van der Waals surface area contributed by atoms with Gasteiger partial charge in [-0.05, 0) is 56.1 Å². The van der Waals surface area contributed by atoms with Gasteiger partial charge in [0.25, 0.3) is 0 Å². The Labute approximate surface area is 205 Å². The van der Waals surface area contributed by atoms with E-state index < -0.39 is 29.1 Å². The van der Waals surface area contributed by atoms with E-state index in [2.05, 4.69) is 15.0 Å². The van der Waals surface area contributed by atoms with Crippen molar-refractivity contribution in [1.29, 1.82) is 0 Å². The fourth-order valence-electron chi connectivity index (χ4n) is 5.65. The third-order valence-corrected chi connectivity index (χ3v) is 7.40. The zero-order valence-corrected chi connectivity index (χ0v) is 19.7. The Morgan fingerprint density at radius 3 is 2.58 bits per heavy atom. The largest absolute Gasteiger partial charge is 0.418 e. The van der Waals surface area contributed by atoms with Crippen LogP contribution >= 0.6 is 0 Å². The van der Waals surface area contributed by atoms with E-state index in [1.807, 2.05) is 4.90 Å². The molecule has 1 N–H and O–H groups in total. The molecule has 2 aliphatic rings. The molecule has 3 aromatic rings.